The Morgan fingerprint density at radius 2 is 1.71 bits per heavy atom. The van der Waals surface area contributed by atoms with Gasteiger partial charge in [0.15, 0.2) is 0 Å². The minimum atomic E-state index is -1.13. The van der Waals surface area contributed by atoms with Crippen LogP contribution in [0.5, 0.6) is 0 Å². The Morgan fingerprint density at radius 3 is 2.39 bits per heavy atom. The van der Waals surface area contributed by atoms with Crippen molar-refractivity contribution in [1.29, 1.82) is 0 Å². The van der Waals surface area contributed by atoms with Crippen LogP contribution in [0, 0.1) is 0 Å². The number of rotatable bonds is 3. The van der Waals surface area contributed by atoms with Gasteiger partial charge in [-0.3, -0.25) is 0 Å². The fourth-order valence-electron chi connectivity index (χ4n) is 3.50. The van der Waals surface area contributed by atoms with Gasteiger partial charge in [-0.15, -0.1) is 0 Å². The first-order valence-corrected chi connectivity index (χ1v) is 9.08. The zero-order chi connectivity index (χ0) is 19.7. The van der Waals surface area contributed by atoms with Crippen molar-refractivity contribution in [3.8, 4) is 11.3 Å². The maximum Gasteiger partial charge on any atom is 0.349 e. The number of carbonyl (C=O) groups is 3. The summed E-state index contributed by atoms with van der Waals surface area (Å²) in [5, 5.41) is 9.10. The molecule has 28 heavy (non-hydrogen) atoms. The van der Waals surface area contributed by atoms with E-state index in [0.29, 0.717) is 24.2 Å². The van der Waals surface area contributed by atoms with Gasteiger partial charge < -0.3 is 19.0 Å². The summed E-state index contributed by atoms with van der Waals surface area (Å²) in [6, 6.07) is 9.49. The molecule has 2 fully saturated rings. The average molecular weight is 382 g/mol. The molecule has 0 unspecified atom stereocenters. The topological polar surface area (TPSA) is 103 Å². The highest BCUT2D eigenvalue weighted by molar-refractivity contribution is 6.18. The molecule has 1 aliphatic carbocycles. The number of esters is 2. The molecule has 1 N–H and O–H groups in total. The lowest BCUT2D eigenvalue weighted by Gasteiger charge is -2.38. The smallest absolute Gasteiger partial charge is 0.349 e. The van der Waals surface area contributed by atoms with Gasteiger partial charge in [-0.2, -0.15) is 0 Å². The van der Waals surface area contributed by atoms with Crippen molar-refractivity contribution >= 4 is 24.0 Å². The monoisotopic (exact) mass is 382 g/mol. The predicted molar refractivity (Wildman–Crippen MR) is 97.1 cm³/mol. The minimum absolute atomic E-state index is 0.131. The third-order valence-corrected chi connectivity index (χ3v) is 4.92. The van der Waals surface area contributed by atoms with Crippen molar-refractivity contribution in [2.75, 3.05) is 0 Å². The third-order valence-electron chi connectivity index (χ3n) is 4.92. The van der Waals surface area contributed by atoms with Gasteiger partial charge in [0.25, 0.3) is 5.79 Å². The molecular formula is C21H18O7. The molecule has 7 nitrogen and oxygen atoms in total. The van der Waals surface area contributed by atoms with Crippen molar-refractivity contribution in [2.45, 2.75) is 37.9 Å². The summed E-state index contributed by atoms with van der Waals surface area (Å²) < 4.78 is 16.5. The number of benzene rings is 1. The number of carboxylic acid groups (broad SMARTS) is 1. The second-order valence-electron chi connectivity index (χ2n) is 6.90. The summed E-state index contributed by atoms with van der Waals surface area (Å²) in [6.45, 7) is 0. The molecule has 1 saturated carbocycles. The number of furan rings is 1. The van der Waals surface area contributed by atoms with Crippen LogP contribution in [-0.4, -0.2) is 28.8 Å². The highest BCUT2D eigenvalue weighted by Crippen LogP contribution is 2.37. The quantitative estimate of drug-likeness (QED) is 0.489. The van der Waals surface area contributed by atoms with Crippen LogP contribution >= 0.6 is 0 Å². The summed E-state index contributed by atoms with van der Waals surface area (Å²) >= 11 is 0. The van der Waals surface area contributed by atoms with E-state index in [1.165, 1.54) is 18.2 Å². The first-order chi connectivity index (χ1) is 13.5. The van der Waals surface area contributed by atoms with E-state index < -0.39 is 23.7 Å². The molecule has 4 rings (SSSR count). The summed E-state index contributed by atoms with van der Waals surface area (Å²) in [5.74, 6) is -2.93. The Balaban J connectivity index is 1.57. The fourth-order valence-corrected chi connectivity index (χ4v) is 3.50. The molecule has 1 aromatic heterocycles. The first kappa shape index (κ1) is 18.0. The zero-order valence-corrected chi connectivity index (χ0v) is 15.0. The molecule has 144 valence electrons. The van der Waals surface area contributed by atoms with Crippen LogP contribution < -0.4 is 0 Å². The maximum atomic E-state index is 12.4. The Bertz CT molecular complexity index is 954. The normalized spacial score (nSPS) is 18.5. The molecule has 1 saturated heterocycles. The molecule has 1 aliphatic heterocycles. The van der Waals surface area contributed by atoms with Crippen molar-refractivity contribution < 1.29 is 33.4 Å². The van der Waals surface area contributed by atoms with E-state index in [9.17, 15) is 14.4 Å². The lowest BCUT2D eigenvalue weighted by molar-refractivity contribution is -0.244. The largest absolute Gasteiger partial charge is 0.478 e. The van der Waals surface area contributed by atoms with Gasteiger partial charge in [0.1, 0.15) is 17.1 Å². The lowest BCUT2D eigenvalue weighted by atomic mass is 9.93. The van der Waals surface area contributed by atoms with Gasteiger partial charge in [0.2, 0.25) is 0 Å². The second-order valence-corrected chi connectivity index (χ2v) is 6.90. The van der Waals surface area contributed by atoms with E-state index in [2.05, 4.69) is 0 Å². The van der Waals surface area contributed by atoms with Crippen LogP contribution in [0.4, 0.5) is 0 Å². The number of aromatic carboxylic acids is 1. The van der Waals surface area contributed by atoms with Crippen LogP contribution in [0.25, 0.3) is 17.4 Å². The third kappa shape index (κ3) is 3.43. The number of ether oxygens (including phenoxy) is 2. The van der Waals surface area contributed by atoms with E-state index in [-0.39, 0.29) is 16.9 Å². The molecule has 0 amide bonds. The fraction of sp³-hybridized carbons (Fsp3) is 0.286. The predicted octanol–water partition coefficient (Wildman–Crippen LogP) is 3.79. The molecule has 0 radical (unpaired) electrons. The number of carbonyl (C=O) groups excluding carboxylic acids is 2. The van der Waals surface area contributed by atoms with Crippen LogP contribution in [0.1, 0.15) is 48.2 Å². The second kappa shape index (κ2) is 6.99. The van der Waals surface area contributed by atoms with Crippen molar-refractivity contribution in [3.63, 3.8) is 0 Å². The molecule has 2 aromatic rings. The molecule has 1 aromatic carbocycles. The van der Waals surface area contributed by atoms with E-state index in [4.69, 9.17) is 19.0 Å². The minimum Gasteiger partial charge on any atom is -0.478 e. The van der Waals surface area contributed by atoms with Crippen molar-refractivity contribution in [1.82, 2.24) is 0 Å². The molecule has 2 aliphatic rings. The van der Waals surface area contributed by atoms with E-state index in [1.807, 2.05) is 0 Å². The van der Waals surface area contributed by atoms with Gasteiger partial charge in [-0.25, -0.2) is 14.4 Å². The SMILES string of the molecule is O=C1OC2(CCCCC2)OC(=O)C1=Cc1ccc(-c2cccc(C(=O)O)c2)o1. The summed E-state index contributed by atoms with van der Waals surface area (Å²) in [5.41, 5.74) is 0.474. The number of hydrogen-bond donors (Lipinski definition) is 1. The molecule has 0 atom stereocenters. The maximum absolute atomic E-state index is 12.4. The highest BCUT2D eigenvalue weighted by Gasteiger charge is 2.46. The van der Waals surface area contributed by atoms with Crippen LogP contribution in [-0.2, 0) is 19.1 Å². The van der Waals surface area contributed by atoms with Crippen molar-refractivity contribution in [2.24, 2.45) is 0 Å². The van der Waals surface area contributed by atoms with Crippen LogP contribution in [0.3, 0.4) is 0 Å². The molecule has 1 spiro atoms. The van der Waals surface area contributed by atoms with Gasteiger partial charge in [0, 0.05) is 24.5 Å². The van der Waals surface area contributed by atoms with E-state index in [1.54, 1.807) is 24.3 Å². The lowest BCUT2D eigenvalue weighted by Crippen LogP contribution is -2.47. The van der Waals surface area contributed by atoms with Gasteiger partial charge in [-0.05, 0) is 37.1 Å². The Hall–Kier alpha value is -3.35. The van der Waals surface area contributed by atoms with Crippen LogP contribution in [0.15, 0.2) is 46.4 Å². The summed E-state index contributed by atoms with van der Waals surface area (Å²) in [4.78, 5) is 35.9. The van der Waals surface area contributed by atoms with Gasteiger partial charge in [0.05, 0.1) is 5.56 Å². The zero-order valence-electron chi connectivity index (χ0n) is 15.0. The molecule has 7 heteroatoms. The van der Waals surface area contributed by atoms with E-state index in [0.717, 1.165) is 19.3 Å². The first-order valence-electron chi connectivity index (χ1n) is 9.08. The molecule has 0 bridgehead atoms. The van der Waals surface area contributed by atoms with Gasteiger partial charge in [-0.1, -0.05) is 18.6 Å². The Labute approximate surface area is 160 Å². The standard InChI is InChI=1S/C21H18O7/c22-18(23)14-6-4-5-13(11-14)17-8-7-15(26-17)12-16-19(24)27-21(28-20(16)25)9-2-1-3-10-21/h4-8,11-12H,1-3,9-10H2,(H,22,23). The Kier molecular flexibility index (Phi) is 4.50. The highest BCUT2D eigenvalue weighted by atomic mass is 16.7. The van der Waals surface area contributed by atoms with Gasteiger partial charge >= 0.3 is 17.9 Å². The van der Waals surface area contributed by atoms with Crippen molar-refractivity contribution in [3.05, 3.63) is 53.3 Å². The van der Waals surface area contributed by atoms with E-state index >= 15 is 0 Å². The molecular weight excluding hydrogens is 364 g/mol. The summed E-state index contributed by atoms with van der Waals surface area (Å²) in [6.07, 6.45) is 5.03. The van der Waals surface area contributed by atoms with Crippen LogP contribution in [0.2, 0.25) is 0 Å². The Morgan fingerprint density at radius 1 is 1.00 bits per heavy atom. The number of carboxylic acids is 1. The number of hydrogen-bond acceptors (Lipinski definition) is 6. The molecule has 2 heterocycles. The summed E-state index contributed by atoms with van der Waals surface area (Å²) in [7, 11) is 0. The average Bonchev–Trinajstić information content (AvgIpc) is 3.14.